The number of amides is 1. The number of rotatable bonds is 7. The van der Waals surface area contributed by atoms with Crippen LogP contribution >= 0.6 is 0 Å². The molecule has 0 radical (unpaired) electrons. The summed E-state index contributed by atoms with van der Waals surface area (Å²) in [6, 6.07) is 12.5. The number of halogens is 1. The molecular weight excluding hydrogens is 379 g/mol. The Kier molecular flexibility index (Phi) is 6.23. The van der Waals surface area contributed by atoms with E-state index in [1.807, 2.05) is 18.2 Å². The van der Waals surface area contributed by atoms with Gasteiger partial charge in [0.15, 0.2) is 12.3 Å². The van der Waals surface area contributed by atoms with Gasteiger partial charge in [0, 0.05) is 18.0 Å². The number of pyridine rings is 1. The predicted octanol–water partition coefficient (Wildman–Crippen LogP) is 2.86. The zero-order valence-electron chi connectivity index (χ0n) is 15.9. The predicted molar refractivity (Wildman–Crippen MR) is 103 cm³/mol. The van der Waals surface area contributed by atoms with Gasteiger partial charge in [0.2, 0.25) is 0 Å². The van der Waals surface area contributed by atoms with Crippen molar-refractivity contribution in [3.63, 3.8) is 0 Å². The number of carbonyl (C=O) groups excluding carboxylic acids is 2. The second-order valence-corrected chi connectivity index (χ2v) is 6.08. The van der Waals surface area contributed by atoms with Gasteiger partial charge in [-0.05, 0) is 35.9 Å². The van der Waals surface area contributed by atoms with Crippen LogP contribution in [0.15, 0.2) is 48.5 Å². The molecule has 2 aromatic carbocycles. The average Bonchev–Trinajstić information content (AvgIpc) is 2.75. The molecule has 0 spiro atoms. The lowest BCUT2D eigenvalue weighted by Crippen LogP contribution is -2.28. The highest BCUT2D eigenvalue weighted by molar-refractivity contribution is 5.94. The van der Waals surface area contributed by atoms with Crippen molar-refractivity contribution in [1.29, 1.82) is 0 Å². The largest absolute Gasteiger partial charge is 0.497 e. The Bertz CT molecular complexity index is 1050. The molecule has 3 aromatic rings. The second-order valence-electron chi connectivity index (χ2n) is 6.08. The zero-order chi connectivity index (χ0) is 20.8. The van der Waals surface area contributed by atoms with E-state index in [9.17, 15) is 14.0 Å². The molecule has 150 valence electrons. The van der Waals surface area contributed by atoms with Gasteiger partial charge in [-0.3, -0.25) is 4.79 Å². The van der Waals surface area contributed by atoms with Gasteiger partial charge in [-0.15, -0.1) is 0 Å². The molecular formula is C21H19FN2O5. The van der Waals surface area contributed by atoms with E-state index >= 15 is 0 Å². The van der Waals surface area contributed by atoms with Crippen molar-refractivity contribution >= 4 is 22.8 Å². The van der Waals surface area contributed by atoms with Crippen LogP contribution in [0.1, 0.15) is 16.1 Å². The van der Waals surface area contributed by atoms with Crippen molar-refractivity contribution in [2.45, 2.75) is 6.54 Å². The maximum absolute atomic E-state index is 13.6. The summed E-state index contributed by atoms with van der Waals surface area (Å²) in [4.78, 5) is 28.1. The Morgan fingerprint density at radius 2 is 1.93 bits per heavy atom. The summed E-state index contributed by atoms with van der Waals surface area (Å²) in [6.07, 6.45) is 0. The molecule has 0 fully saturated rings. The monoisotopic (exact) mass is 398 g/mol. The summed E-state index contributed by atoms with van der Waals surface area (Å²) in [5, 5.41) is 3.07. The number of esters is 1. The van der Waals surface area contributed by atoms with Crippen molar-refractivity contribution in [1.82, 2.24) is 10.3 Å². The molecule has 0 aliphatic rings. The number of hydrogen-bond donors (Lipinski definition) is 1. The molecule has 7 nitrogen and oxygen atoms in total. The van der Waals surface area contributed by atoms with Crippen LogP contribution in [0.5, 0.6) is 11.5 Å². The fraction of sp³-hybridized carbons (Fsp3) is 0.190. The van der Waals surface area contributed by atoms with Crippen LogP contribution in [0.4, 0.5) is 4.39 Å². The van der Waals surface area contributed by atoms with Crippen molar-refractivity contribution in [3.05, 3.63) is 65.6 Å². The molecule has 1 aromatic heterocycles. The number of aromatic nitrogens is 1. The van der Waals surface area contributed by atoms with Crippen molar-refractivity contribution in [2.24, 2.45) is 0 Å². The number of nitrogens with zero attached hydrogens (tertiary/aromatic N) is 1. The number of benzene rings is 2. The Hall–Kier alpha value is -3.68. The Labute approximate surface area is 166 Å². The van der Waals surface area contributed by atoms with Crippen molar-refractivity contribution in [2.75, 3.05) is 20.8 Å². The van der Waals surface area contributed by atoms with E-state index < -0.39 is 11.8 Å². The molecule has 3 rings (SSSR count). The number of fused-ring (bicyclic) bond motifs is 1. The summed E-state index contributed by atoms with van der Waals surface area (Å²) >= 11 is 0. The van der Waals surface area contributed by atoms with E-state index in [-0.39, 0.29) is 24.0 Å². The number of carbonyl (C=O) groups is 2. The highest BCUT2D eigenvalue weighted by Gasteiger charge is 2.15. The maximum atomic E-state index is 13.6. The highest BCUT2D eigenvalue weighted by Crippen LogP contribution is 2.26. The fourth-order valence-corrected chi connectivity index (χ4v) is 2.67. The first-order valence-corrected chi connectivity index (χ1v) is 8.71. The molecule has 0 bridgehead atoms. The van der Waals surface area contributed by atoms with E-state index in [1.54, 1.807) is 13.2 Å². The third kappa shape index (κ3) is 4.98. The molecule has 29 heavy (non-hydrogen) atoms. The molecule has 1 N–H and O–H groups in total. The number of ether oxygens (including phenoxy) is 3. The van der Waals surface area contributed by atoms with Crippen LogP contribution in [0.25, 0.3) is 10.9 Å². The molecule has 1 amide bonds. The standard InChI is InChI=1S/C21H19FN2O5/c1-27-15-5-3-4-13(8-15)11-23-20(25)12-29-19-10-18(21(26)28-2)24-17-7-6-14(22)9-16(17)19/h3-10H,11-12H2,1-2H3,(H,23,25). The smallest absolute Gasteiger partial charge is 0.356 e. The normalized spacial score (nSPS) is 10.4. The van der Waals surface area contributed by atoms with E-state index in [4.69, 9.17) is 9.47 Å². The molecule has 0 saturated heterocycles. The summed E-state index contributed by atoms with van der Waals surface area (Å²) in [5.41, 5.74) is 1.21. The van der Waals surface area contributed by atoms with Gasteiger partial charge in [0.1, 0.15) is 17.3 Å². The van der Waals surface area contributed by atoms with E-state index in [0.29, 0.717) is 23.2 Å². The third-order valence-electron chi connectivity index (χ3n) is 4.11. The third-order valence-corrected chi connectivity index (χ3v) is 4.11. The molecule has 0 aliphatic carbocycles. The van der Waals surface area contributed by atoms with Crippen LogP contribution in [-0.4, -0.2) is 37.7 Å². The van der Waals surface area contributed by atoms with Crippen LogP contribution in [-0.2, 0) is 16.1 Å². The van der Waals surface area contributed by atoms with Crippen LogP contribution < -0.4 is 14.8 Å². The summed E-state index contributed by atoms with van der Waals surface area (Å²) in [6.45, 7) is -0.0290. The summed E-state index contributed by atoms with van der Waals surface area (Å²) in [7, 11) is 2.79. The van der Waals surface area contributed by atoms with E-state index in [0.717, 1.165) is 5.56 Å². The van der Waals surface area contributed by atoms with Gasteiger partial charge >= 0.3 is 5.97 Å². The van der Waals surface area contributed by atoms with Crippen LogP contribution in [0, 0.1) is 5.82 Å². The average molecular weight is 398 g/mol. The fourth-order valence-electron chi connectivity index (χ4n) is 2.67. The Morgan fingerprint density at radius 3 is 2.69 bits per heavy atom. The van der Waals surface area contributed by atoms with Crippen LogP contribution in [0.3, 0.4) is 0 Å². The maximum Gasteiger partial charge on any atom is 0.356 e. The van der Waals surface area contributed by atoms with E-state index in [2.05, 4.69) is 15.0 Å². The lowest BCUT2D eigenvalue weighted by Gasteiger charge is -2.11. The quantitative estimate of drug-likeness (QED) is 0.616. The van der Waals surface area contributed by atoms with Gasteiger partial charge in [-0.1, -0.05) is 12.1 Å². The Balaban J connectivity index is 1.72. The van der Waals surface area contributed by atoms with E-state index in [1.165, 1.54) is 31.4 Å². The first-order valence-electron chi connectivity index (χ1n) is 8.71. The molecule has 8 heteroatoms. The topological polar surface area (TPSA) is 86.8 Å². The first kappa shape index (κ1) is 20.1. The lowest BCUT2D eigenvalue weighted by atomic mass is 10.1. The highest BCUT2D eigenvalue weighted by atomic mass is 19.1. The minimum Gasteiger partial charge on any atom is -0.497 e. The molecule has 0 aliphatic heterocycles. The Morgan fingerprint density at radius 1 is 1.10 bits per heavy atom. The lowest BCUT2D eigenvalue weighted by molar-refractivity contribution is -0.123. The SMILES string of the molecule is COC(=O)c1cc(OCC(=O)NCc2cccc(OC)c2)c2cc(F)ccc2n1. The van der Waals surface area contributed by atoms with Crippen molar-refractivity contribution in [3.8, 4) is 11.5 Å². The van der Waals surface area contributed by atoms with Gasteiger partial charge in [0.05, 0.1) is 19.7 Å². The van der Waals surface area contributed by atoms with Crippen LogP contribution in [0.2, 0.25) is 0 Å². The zero-order valence-corrected chi connectivity index (χ0v) is 15.9. The van der Waals surface area contributed by atoms with Crippen molar-refractivity contribution < 1.29 is 28.2 Å². The second kappa shape index (κ2) is 9.01. The van der Waals surface area contributed by atoms with Gasteiger partial charge < -0.3 is 19.5 Å². The molecule has 0 unspecified atom stereocenters. The summed E-state index contributed by atoms with van der Waals surface area (Å²) < 4.78 is 29.0. The minimum absolute atomic E-state index is 0.00148. The summed E-state index contributed by atoms with van der Waals surface area (Å²) in [5.74, 6) is -0.685. The molecule has 0 saturated carbocycles. The first-order chi connectivity index (χ1) is 14.0. The number of nitrogens with one attached hydrogen (secondary N) is 1. The molecule has 0 atom stereocenters. The number of methoxy groups -OCH3 is 2. The van der Waals surface area contributed by atoms with Gasteiger partial charge in [-0.2, -0.15) is 0 Å². The van der Waals surface area contributed by atoms with Gasteiger partial charge in [-0.25, -0.2) is 14.2 Å². The minimum atomic E-state index is -0.663. The number of hydrogen-bond acceptors (Lipinski definition) is 6. The van der Waals surface area contributed by atoms with Gasteiger partial charge in [0.25, 0.3) is 5.91 Å². The molecule has 1 heterocycles.